The summed E-state index contributed by atoms with van der Waals surface area (Å²) in [6.45, 7) is 0. The summed E-state index contributed by atoms with van der Waals surface area (Å²) >= 11 is 0. The third kappa shape index (κ3) is 3.05. The number of cyclic esters (lactones) is 2. The fourth-order valence-electron chi connectivity index (χ4n) is 2.03. The van der Waals surface area contributed by atoms with Gasteiger partial charge in [-0.1, -0.05) is 6.07 Å². The molecule has 2 amide bonds. The average molecular weight is 306 g/mol. The number of rotatable bonds is 5. The molecule has 0 saturated carbocycles. The Labute approximate surface area is 125 Å². The van der Waals surface area contributed by atoms with Crippen molar-refractivity contribution in [3.05, 3.63) is 35.4 Å². The number of ether oxygens (including phenoxy) is 2. The van der Waals surface area contributed by atoms with E-state index < -0.39 is 29.5 Å². The average Bonchev–Trinajstić information content (AvgIpc) is 2.45. The first-order valence-electron chi connectivity index (χ1n) is 6.49. The molecule has 8 heteroatoms. The van der Waals surface area contributed by atoms with Crippen LogP contribution in [0.25, 0.3) is 0 Å². The number of hydrogen-bond acceptors (Lipinski definition) is 6. The molecular weight excluding hydrogens is 292 g/mol. The molecule has 0 spiro atoms. The highest BCUT2D eigenvalue weighted by Crippen LogP contribution is 2.27. The molecule has 116 valence electrons. The van der Waals surface area contributed by atoms with E-state index in [9.17, 15) is 19.2 Å². The van der Waals surface area contributed by atoms with E-state index in [4.69, 9.17) is 20.9 Å². The van der Waals surface area contributed by atoms with Gasteiger partial charge in [0.15, 0.2) is 0 Å². The number of nitrogens with two attached hydrogens (primary N) is 2. The van der Waals surface area contributed by atoms with Crippen LogP contribution in [0.15, 0.2) is 24.3 Å². The highest BCUT2D eigenvalue weighted by Gasteiger charge is 2.46. The Bertz CT molecular complexity index is 621. The van der Waals surface area contributed by atoms with Crippen LogP contribution in [0, 0.1) is 0 Å². The van der Waals surface area contributed by atoms with Crippen molar-refractivity contribution in [2.45, 2.75) is 25.0 Å². The fraction of sp³-hybridized carbons (Fsp3) is 0.286. The number of hydrogen-bond donors (Lipinski definition) is 2. The van der Waals surface area contributed by atoms with Gasteiger partial charge in [-0.2, -0.15) is 0 Å². The van der Waals surface area contributed by atoms with E-state index in [1.807, 2.05) is 0 Å². The van der Waals surface area contributed by atoms with Gasteiger partial charge in [0.1, 0.15) is 0 Å². The van der Waals surface area contributed by atoms with Gasteiger partial charge in [0.2, 0.25) is 5.91 Å². The summed E-state index contributed by atoms with van der Waals surface area (Å²) in [5.74, 6) is -5.70. The highest BCUT2D eigenvalue weighted by atomic mass is 16.7. The van der Waals surface area contributed by atoms with E-state index in [1.165, 1.54) is 24.3 Å². The highest BCUT2D eigenvalue weighted by molar-refractivity contribution is 6.00. The first-order valence-corrected chi connectivity index (χ1v) is 6.49. The van der Waals surface area contributed by atoms with Gasteiger partial charge in [0.05, 0.1) is 11.1 Å². The van der Waals surface area contributed by atoms with Gasteiger partial charge in [0, 0.05) is 12.8 Å². The van der Waals surface area contributed by atoms with Crippen molar-refractivity contribution in [1.82, 2.24) is 0 Å². The van der Waals surface area contributed by atoms with E-state index in [-0.39, 0.29) is 30.4 Å². The van der Waals surface area contributed by atoms with Crippen molar-refractivity contribution >= 4 is 23.8 Å². The zero-order chi connectivity index (χ0) is 16.3. The minimum atomic E-state index is -2.26. The Morgan fingerprint density at radius 2 is 1.59 bits per heavy atom. The van der Waals surface area contributed by atoms with E-state index in [2.05, 4.69) is 0 Å². The van der Waals surface area contributed by atoms with Crippen LogP contribution in [0.4, 0.5) is 0 Å². The van der Waals surface area contributed by atoms with Crippen LogP contribution in [0.3, 0.4) is 0 Å². The molecule has 0 fully saturated rings. The molecule has 0 aromatic heterocycles. The molecule has 0 radical (unpaired) electrons. The first kappa shape index (κ1) is 15.5. The largest absolute Gasteiger partial charge is 0.409 e. The third-order valence-corrected chi connectivity index (χ3v) is 3.15. The van der Waals surface area contributed by atoms with E-state index in [1.54, 1.807) is 0 Å². The SMILES string of the molecule is NC(=O)CCCC1(C(N)=O)OC(=O)c2cccc(c2)C(=O)O1. The maximum Gasteiger partial charge on any atom is 0.341 e. The molecule has 1 heterocycles. The van der Waals surface area contributed by atoms with Crippen molar-refractivity contribution in [3.8, 4) is 0 Å². The number of esters is 2. The minimum Gasteiger partial charge on any atom is -0.409 e. The smallest absolute Gasteiger partial charge is 0.341 e. The summed E-state index contributed by atoms with van der Waals surface area (Å²) in [6, 6.07) is 5.63. The summed E-state index contributed by atoms with van der Waals surface area (Å²) in [5.41, 5.74) is 10.4. The Hall–Kier alpha value is -2.90. The third-order valence-electron chi connectivity index (χ3n) is 3.15. The number of amides is 2. The second-order valence-electron chi connectivity index (χ2n) is 4.80. The second-order valence-corrected chi connectivity index (χ2v) is 4.80. The number of primary amides is 2. The minimum absolute atomic E-state index is 0.0623. The molecule has 2 bridgehead atoms. The van der Waals surface area contributed by atoms with Crippen LogP contribution in [-0.2, 0) is 19.1 Å². The van der Waals surface area contributed by atoms with Crippen LogP contribution in [0.2, 0.25) is 0 Å². The Morgan fingerprint density at radius 3 is 2.05 bits per heavy atom. The molecule has 1 aromatic rings. The van der Waals surface area contributed by atoms with Crippen molar-refractivity contribution in [3.63, 3.8) is 0 Å². The van der Waals surface area contributed by atoms with Gasteiger partial charge in [0.25, 0.3) is 0 Å². The van der Waals surface area contributed by atoms with E-state index >= 15 is 0 Å². The number of carbonyl (C=O) groups excluding carboxylic acids is 4. The monoisotopic (exact) mass is 306 g/mol. The number of carbonyl (C=O) groups is 4. The van der Waals surface area contributed by atoms with Gasteiger partial charge in [-0.05, 0) is 24.6 Å². The van der Waals surface area contributed by atoms with Gasteiger partial charge >= 0.3 is 23.6 Å². The number of benzene rings is 1. The molecule has 0 aliphatic carbocycles. The molecule has 1 aliphatic heterocycles. The lowest BCUT2D eigenvalue weighted by Crippen LogP contribution is -2.52. The topological polar surface area (TPSA) is 139 Å². The molecule has 1 aliphatic rings. The molecule has 4 N–H and O–H groups in total. The van der Waals surface area contributed by atoms with Crippen LogP contribution in [0.5, 0.6) is 0 Å². The lowest BCUT2D eigenvalue weighted by atomic mass is 10.0. The maximum absolute atomic E-state index is 12.0. The predicted octanol–water partition coefficient (Wildman–Crippen LogP) is -0.149. The fourth-order valence-corrected chi connectivity index (χ4v) is 2.03. The van der Waals surface area contributed by atoms with Crippen LogP contribution in [0.1, 0.15) is 40.0 Å². The lowest BCUT2D eigenvalue weighted by molar-refractivity contribution is -0.187. The van der Waals surface area contributed by atoms with Crippen molar-refractivity contribution in [1.29, 1.82) is 0 Å². The van der Waals surface area contributed by atoms with Crippen molar-refractivity contribution in [2.75, 3.05) is 0 Å². The summed E-state index contributed by atoms with van der Waals surface area (Å²) in [7, 11) is 0. The van der Waals surface area contributed by atoms with E-state index in [0.717, 1.165) is 0 Å². The second kappa shape index (κ2) is 5.84. The first-order chi connectivity index (χ1) is 10.3. The van der Waals surface area contributed by atoms with Crippen LogP contribution < -0.4 is 11.5 Å². The molecule has 0 atom stereocenters. The molecule has 0 unspecified atom stereocenters. The quantitative estimate of drug-likeness (QED) is 0.725. The van der Waals surface area contributed by atoms with Crippen molar-refractivity contribution in [2.24, 2.45) is 11.5 Å². The molecular formula is C14H14N2O6. The summed E-state index contributed by atoms with van der Waals surface area (Å²) in [4.78, 5) is 46.6. The standard InChI is InChI=1S/C14H14N2O6/c15-10(17)5-2-6-14(13(16)20)21-11(18)8-3-1-4-9(7-8)12(19)22-14/h1,3-4,7H,2,5-6H2,(H2,15,17)(H2,16,20). The number of fused-ring (bicyclic) bond motifs is 2. The summed E-state index contributed by atoms with van der Waals surface area (Å²) in [6.07, 6.45) is -0.269. The van der Waals surface area contributed by atoms with Crippen LogP contribution >= 0.6 is 0 Å². The molecule has 1 aromatic carbocycles. The molecule has 2 rings (SSSR count). The van der Waals surface area contributed by atoms with Crippen LogP contribution in [-0.4, -0.2) is 29.5 Å². The molecule has 8 nitrogen and oxygen atoms in total. The normalized spacial score (nSPS) is 16.0. The Balaban J connectivity index is 2.34. The Kier molecular flexibility index (Phi) is 4.11. The van der Waals surface area contributed by atoms with Gasteiger partial charge < -0.3 is 20.9 Å². The Morgan fingerprint density at radius 1 is 1.05 bits per heavy atom. The molecule has 0 saturated heterocycles. The molecule has 22 heavy (non-hydrogen) atoms. The predicted molar refractivity (Wildman–Crippen MR) is 72.2 cm³/mol. The van der Waals surface area contributed by atoms with Gasteiger partial charge in [-0.25, -0.2) is 9.59 Å². The van der Waals surface area contributed by atoms with E-state index in [0.29, 0.717) is 0 Å². The maximum atomic E-state index is 12.0. The summed E-state index contributed by atoms with van der Waals surface area (Å²) in [5, 5.41) is 0. The van der Waals surface area contributed by atoms with Gasteiger partial charge in [-0.15, -0.1) is 0 Å². The van der Waals surface area contributed by atoms with Crippen molar-refractivity contribution < 1.29 is 28.7 Å². The zero-order valence-corrected chi connectivity index (χ0v) is 11.5. The lowest BCUT2D eigenvalue weighted by Gasteiger charge is -2.31. The summed E-state index contributed by atoms with van der Waals surface area (Å²) < 4.78 is 10.0. The van der Waals surface area contributed by atoms with Gasteiger partial charge in [-0.3, -0.25) is 9.59 Å². The zero-order valence-electron chi connectivity index (χ0n) is 11.5.